The molecule has 2 aliphatic rings. The van der Waals surface area contributed by atoms with Crippen molar-refractivity contribution in [2.24, 2.45) is 0 Å². The van der Waals surface area contributed by atoms with Crippen LogP contribution in [-0.4, -0.2) is 0 Å². The molecule has 0 N–H and O–H groups in total. The Morgan fingerprint density at radius 1 is 0.889 bits per heavy atom. The van der Waals surface area contributed by atoms with Crippen molar-refractivity contribution in [3.05, 3.63) is 124 Å². The van der Waals surface area contributed by atoms with Gasteiger partial charge in [0.05, 0.1) is 0 Å². The van der Waals surface area contributed by atoms with Crippen molar-refractivity contribution in [1.82, 2.24) is 0 Å². The van der Waals surface area contributed by atoms with E-state index in [9.17, 15) is 0 Å². The number of allylic oxidation sites excluding steroid dienone is 8. The second-order valence-corrected chi connectivity index (χ2v) is 7.85. The van der Waals surface area contributed by atoms with Gasteiger partial charge in [-0.25, -0.2) is 0 Å². The van der Waals surface area contributed by atoms with Crippen LogP contribution < -0.4 is 0 Å². The lowest BCUT2D eigenvalue weighted by atomic mass is 9.90. The Balaban J connectivity index is 1.51. The maximum absolute atomic E-state index is 4.43. The molecule has 1 saturated carbocycles. The predicted octanol–water partition coefficient (Wildman–Crippen LogP) is 7.24. The zero-order valence-corrected chi connectivity index (χ0v) is 16.3. The van der Waals surface area contributed by atoms with Gasteiger partial charge in [0.15, 0.2) is 0 Å². The van der Waals surface area contributed by atoms with E-state index in [-0.39, 0.29) is 5.92 Å². The summed E-state index contributed by atoms with van der Waals surface area (Å²) in [5.41, 5.74) is 11.8. The highest BCUT2D eigenvalue weighted by Crippen LogP contribution is 2.46. The molecule has 1 fully saturated rings. The maximum atomic E-state index is 4.43. The molecule has 1 atom stereocenters. The van der Waals surface area contributed by atoms with E-state index in [1.807, 2.05) is 0 Å². The fraction of sp³-hybridized carbons (Fsp3) is 0.185. The van der Waals surface area contributed by atoms with Crippen molar-refractivity contribution in [2.45, 2.75) is 32.6 Å². The van der Waals surface area contributed by atoms with Crippen LogP contribution in [-0.2, 0) is 0 Å². The molecule has 1 unspecified atom stereocenters. The number of aryl methyl sites for hydroxylation is 2. The third-order valence-electron chi connectivity index (χ3n) is 5.64. The normalized spacial score (nSPS) is 21.0. The van der Waals surface area contributed by atoms with Gasteiger partial charge in [-0.3, -0.25) is 0 Å². The van der Waals surface area contributed by atoms with E-state index in [4.69, 9.17) is 0 Å². The Kier molecular flexibility index (Phi) is 4.58. The zero-order valence-electron chi connectivity index (χ0n) is 16.3. The van der Waals surface area contributed by atoms with E-state index in [0.29, 0.717) is 0 Å². The summed E-state index contributed by atoms with van der Waals surface area (Å²) in [5.74, 6) is 0.252. The molecule has 4 rings (SSSR count). The van der Waals surface area contributed by atoms with Gasteiger partial charge >= 0.3 is 0 Å². The second-order valence-electron chi connectivity index (χ2n) is 7.85. The molecule has 134 valence electrons. The fourth-order valence-electron chi connectivity index (χ4n) is 4.16. The van der Waals surface area contributed by atoms with Gasteiger partial charge in [0.1, 0.15) is 0 Å². The van der Waals surface area contributed by atoms with E-state index in [1.54, 1.807) is 0 Å². The standard InChI is InChI=1S/C27H26/c1-18-8-11-23(12-9-18)24-13-10-22(16-24)17-26-15-20(3)27(21(26)4)25-7-5-6-19(2)14-25/h5-14,17,27H,3-4,15-16H2,1-2H3/b26-17+. The van der Waals surface area contributed by atoms with Gasteiger partial charge in [0.2, 0.25) is 0 Å². The van der Waals surface area contributed by atoms with Gasteiger partial charge in [-0.1, -0.05) is 96.6 Å². The Morgan fingerprint density at radius 3 is 2.41 bits per heavy atom. The van der Waals surface area contributed by atoms with Crippen LogP contribution in [0.2, 0.25) is 0 Å². The number of hydrogen-bond acceptors (Lipinski definition) is 0. The van der Waals surface area contributed by atoms with Crippen LogP contribution in [0.15, 0.2) is 102 Å². The summed E-state index contributed by atoms with van der Waals surface area (Å²) in [6, 6.07) is 17.5. The predicted molar refractivity (Wildman–Crippen MR) is 117 cm³/mol. The van der Waals surface area contributed by atoms with Crippen LogP contribution in [0.25, 0.3) is 5.57 Å². The van der Waals surface area contributed by atoms with Gasteiger partial charge in [-0.15, -0.1) is 0 Å². The Labute approximate surface area is 163 Å². The molecule has 2 aliphatic carbocycles. The Hall–Kier alpha value is -2.86. The molecule has 2 aromatic carbocycles. The maximum Gasteiger partial charge on any atom is 0.0296 e. The van der Waals surface area contributed by atoms with Crippen molar-refractivity contribution in [2.75, 3.05) is 0 Å². The van der Waals surface area contributed by atoms with Crippen molar-refractivity contribution in [1.29, 1.82) is 0 Å². The first kappa shape index (κ1) is 17.5. The molecule has 0 bridgehead atoms. The number of hydrogen-bond donors (Lipinski definition) is 0. The van der Waals surface area contributed by atoms with Gasteiger partial charge < -0.3 is 0 Å². The summed E-state index contributed by atoms with van der Waals surface area (Å²) < 4.78 is 0. The molecular formula is C27H26. The molecule has 27 heavy (non-hydrogen) atoms. The molecule has 0 heterocycles. The summed E-state index contributed by atoms with van der Waals surface area (Å²) in [6.07, 6.45) is 8.75. The minimum Gasteiger partial charge on any atom is -0.0986 e. The summed E-state index contributed by atoms with van der Waals surface area (Å²) >= 11 is 0. The average Bonchev–Trinajstić information content (AvgIpc) is 3.21. The first-order valence-corrected chi connectivity index (χ1v) is 9.62. The van der Waals surface area contributed by atoms with E-state index in [0.717, 1.165) is 12.8 Å². The second kappa shape index (κ2) is 7.04. The summed E-state index contributed by atoms with van der Waals surface area (Å²) in [7, 11) is 0. The average molecular weight is 351 g/mol. The lowest BCUT2D eigenvalue weighted by molar-refractivity contribution is 0.996. The quantitative estimate of drug-likeness (QED) is 0.512. The van der Waals surface area contributed by atoms with Crippen LogP contribution in [0.5, 0.6) is 0 Å². The first-order chi connectivity index (χ1) is 13.0. The van der Waals surface area contributed by atoms with Crippen LogP contribution >= 0.6 is 0 Å². The lowest BCUT2D eigenvalue weighted by Gasteiger charge is -2.14. The summed E-state index contributed by atoms with van der Waals surface area (Å²) in [5, 5.41) is 0. The van der Waals surface area contributed by atoms with Gasteiger partial charge in [-0.2, -0.15) is 0 Å². The number of rotatable bonds is 3. The minimum atomic E-state index is 0.252. The highest BCUT2D eigenvalue weighted by atomic mass is 14.3. The molecule has 0 saturated heterocycles. The van der Waals surface area contributed by atoms with Crippen molar-refractivity contribution < 1.29 is 0 Å². The van der Waals surface area contributed by atoms with Crippen LogP contribution in [0.3, 0.4) is 0 Å². The molecule has 0 aliphatic heterocycles. The van der Waals surface area contributed by atoms with E-state index >= 15 is 0 Å². The Bertz CT molecular complexity index is 1010. The van der Waals surface area contributed by atoms with Crippen molar-refractivity contribution >= 4 is 5.57 Å². The molecule has 0 amide bonds. The van der Waals surface area contributed by atoms with E-state index in [1.165, 1.54) is 50.1 Å². The van der Waals surface area contributed by atoms with E-state index in [2.05, 4.69) is 93.8 Å². The van der Waals surface area contributed by atoms with Gasteiger partial charge in [-0.05, 0) is 60.1 Å². The first-order valence-electron chi connectivity index (χ1n) is 9.62. The summed E-state index contributed by atoms with van der Waals surface area (Å²) in [6.45, 7) is 13.1. The number of benzene rings is 2. The van der Waals surface area contributed by atoms with Gasteiger partial charge in [0, 0.05) is 5.92 Å². The van der Waals surface area contributed by atoms with Crippen LogP contribution in [0.4, 0.5) is 0 Å². The molecular weight excluding hydrogens is 324 g/mol. The zero-order chi connectivity index (χ0) is 19.0. The highest BCUT2D eigenvalue weighted by Gasteiger charge is 2.29. The van der Waals surface area contributed by atoms with Crippen LogP contribution in [0, 0.1) is 13.8 Å². The van der Waals surface area contributed by atoms with Gasteiger partial charge in [0.25, 0.3) is 0 Å². The molecule has 0 aromatic heterocycles. The highest BCUT2D eigenvalue weighted by molar-refractivity contribution is 5.74. The van der Waals surface area contributed by atoms with Crippen molar-refractivity contribution in [3.8, 4) is 0 Å². The third kappa shape index (κ3) is 3.53. The summed E-state index contributed by atoms with van der Waals surface area (Å²) in [4.78, 5) is 0. The topological polar surface area (TPSA) is 0 Å². The lowest BCUT2D eigenvalue weighted by Crippen LogP contribution is -1.97. The molecule has 0 radical (unpaired) electrons. The molecule has 0 nitrogen and oxygen atoms in total. The minimum absolute atomic E-state index is 0.252. The van der Waals surface area contributed by atoms with Crippen molar-refractivity contribution in [3.63, 3.8) is 0 Å². The largest absolute Gasteiger partial charge is 0.0986 e. The fourth-order valence-corrected chi connectivity index (χ4v) is 4.16. The monoisotopic (exact) mass is 350 g/mol. The third-order valence-corrected chi connectivity index (χ3v) is 5.64. The van der Waals surface area contributed by atoms with Crippen LogP contribution in [0.1, 0.15) is 41.0 Å². The molecule has 2 aromatic rings. The smallest absolute Gasteiger partial charge is 0.0296 e. The van der Waals surface area contributed by atoms with E-state index < -0.39 is 0 Å². The SMILES string of the molecule is C=C1C/C(=C\C2=CC=C(c3ccc(C)cc3)C2)C(=C)C1c1cccc(C)c1. The molecule has 0 heteroatoms. The Morgan fingerprint density at radius 2 is 1.67 bits per heavy atom. The molecule has 0 spiro atoms.